The molecule has 0 aliphatic heterocycles. The first-order valence-corrected chi connectivity index (χ1v) is 5.13. The molecular formula is C8H9NO4P+. The van der Waals surface area contributed by atoms with Gasteiger partial charge in [0.1, 0.15) is 6.61 Å². The number of carboxylic acids is 1. The maximum absolute atomic E-state index is 11.3. The van der Waals surface area contributed by atoms with E-state index in [2.05, 4.69) is 4.98 Å². The molecule has 1 aromatic heterocycles. The van der Waals surface area contributed by atoms with Gasteiger partial charge in [-0.15, -0.1) is 4.52 Å². The van der Waals surface area contributed by atoms with Gasteiger partial charge >= 0.3 is 19.4 Å². The van der Waals surface area contributed by atoms with E-state index in [4.69, 9.17) is 9.63 Å². The third-order valence-electron chi connectivity index (χ3n) is 1.39. The molecule has 0 bridgehead atoms. The summed E-state index contributed by atoms with van der Waals surface area (Å²) in [6.45, 7) is 2.00. The smallest absolute Gasteiger partial charge is 0.477 e. The van der Waals surface area contributed by atoms with E-state index in [1.165, 1.54) is 18.2 Å². The lowest BCUT2D eigenvalue weighted by Gasteiger charge is -1.90. The van der Waals surface area contributed by atoms with Gasteiger partial charge in [-0.3, -0.25) is 0 Å². The molecule has 1 heterocycles. The van der Waals surface area contributed by atoms with Crippen molar-refractivity contribution in [3.8, 4) is 0 Å². The molecule has 0 aliphatic carbocycles. The zero-order valence-electron chi connectivity index (χ0n) is 7.51. The van der Waals surface area contributed by atoms with Crippen LogP contribution in [0.15, 0.2) is 18.2 Å². The van der Waals surface area contributed by atoms with Crippen molar-refractivity contribution in [2.45, 2.75) is 6.92 Å². The Kier molecular flexibility index (Phi) is 3.68. The molecule has 0 radical (unpaired) electrons. The largest absolute Gasteiger partial charge is 0.569 e. The van der Waals surface area contributed by atoms with Crippen LogP contribution < -0.4 is 5.44 Å². The van der Waals surface area contributed by atoms with E-state index in [9.17, 15) is 9.36 Å². The van der Waals surface area contributed by atoms with Crippen LogP contribution in [0, 0.1) is 0 Å². The van der Waals surface area contributed by atoms with Crippen LogP contribution in [-0.2, 0) is 9.09 Å². The van der Waals surface area contributed by atoms with Gasteiger partial charge in [-0.2, -0.15) is 4.98 Å². The summed E-state index contributed by atoms with van der Waals surface area (Å²) in [5.74, 6) is -1.15. The highest BCUT2D eigenvalue weighted by atomic mass is 31.1. The van der Waals surface area contributed by atoms with Gasteiger partial charge < -0.3 is 5.11 Å². The van der Waals surface area contributed by atoms with Gasteiger partial charge in [0.25, 0.3) is 0 Å². The maximum Gasteiger partial charge on any atom is 0.569 e. The molecule has 1 atom stereocenters. The third-order valence-corrected chi connectivity index (χ3v) is 2.50. The van der Waals surface area contributed by atoms with Gasteiger partial charge in [-0.1, -0.05) is 6.07 Å². The first-order valence-electron chi connectivity index (χ1n) is 3.95. The molecule has 1 aromatic rings. The molecule has 74 valence electrons. The Morgan fingerprint density at radius 2 is 2.36 bits per heavy atom. The molecular weight excluding hydrogens is 205 g/mol. The van der Waals surface area contributed by atoms with Crippen LogP contribution in [-0.4, -0.2) is 22.7 Å². The highest BCUT2D eigenvalue weighted by Gasteiger charge is 2.24. The monoisotopic (exact) mass is 214 g/mol. The fourth-order valence-corrected chi connectivity index (χ4v) is 1.59. The predicted molar refractivity (Wildman–Crippen MR) is 50.1 cm³/mol. The number of rotatable bonds is 4. The molecule has 0 spiro atoms. The Labute approximate surface area is 81.6 Å². The van der Waals surface area contributed by atoms with Crippen LogP contribution in [0.1, 0.15) is 17.4 Å². The Balaban J connectivity index is 2.93. The molecule has 0 aromatic carbocycles. The summed E-state index contributed by atoms with van der Waals surface area (Å²) in [7, 11) is -2.04. The van der Waals surface area contributed by atoms with Crippen molar-refractivity contribution in [2.24, 2.45) is 0 Å². The second-order valence-corrected chi connectivity index (χ2v) is 3.59. The zero-order valence-corrected chi connectivity index (χ0v) is 8.40. The first kappa shape index (κ1) is 10.8. The Hall–Kier alpha value is -1.32. The number of carboxylic acid groups (broad SMARTS) is 1. The third kappa shape index (κ3) is 2.58. The topological polar surface area (TPSA) is 76.5 Å². The Bertz CT molecular complexity index is 366. The van der Waals surface area contributed by atoms with E-state index in [-0.39, 0.29) is 11.1 Å². The average molecular weight is 214 g/mol. The second-order valence-electron chi connectivity index (χ2n) is 2.36. The molecule has 1 N–H and O–H groups in total. The molecule has 0 amide bonds. The lowest BCUT2D eigenvalue weighted by Crippen LogP contribution is -2.10. The summed E-state index contributed by atoms with van der Waals surface area (Å²) in [6, 6.07) is 4.29. The predicted octanol–water partition coefficient (Wildman–Crippen LogP) is 1.18. The van der Waals surface area contributed by atoms with Gasteiger partial charge in [-0.25, -0.2) is 4.79 Å². The molecule has 1 rings (SSSR count). The van der Waals surface area contributed by atoms with Crippen molar-refractivity contribution in [3.63, 3.8) is 0 Å². The van der Waals surface area contributed by atoms with E-state index < -0.39 is 14.0 Å². The molecule has 0 saturated heterocycles. The fraction of sp³-hybridized carbons (Fsp3) is 0.250. The Morgan fingerprint density at radius 3 is 2.93 bits per heavy atom. The van der Waals surface area contributed by atoms with Crippen molar-refractivity contribution < 1.29 is 19.0 Å². The van der Waals surface area contributed by atoms with E-state index in [0.29, 0.717) is 6.61 Å². The van der Waals surface area contributed by atoms with E-state index in [1.807, 2.05) is 0 Å². The van der Waals surface area contributed by atoms with E-state index >= 15 is 0 Å². The van der Waals surface area contributed by atoms with Crippen LogP contribution in [0.3, 0.4) is 0 Å². The highest BCUT2D eigenvalue weighted by Crippen LogP contribution is 2.19. The van der Waals surface area contributed by atoms with Crippen molar-refractivity contribution in [1.82, 2.24) is 4.98 Å². The van der Waals surface area contributed by atoms with Gasteiger partial charge in [0.15, 0.2) is 5.69 Å². The van der Waals surface area contributed by atoms with E-state index in [0.717, 1.165) is 0 Å². The summed E-state index contributed by atoms with van der Waals surface area (Å²) >= 11 is 0. The van der Waals surface area contributed by atoms with Crippen LogP contribution in [0.4, 0.5) is 0 Å². The number of hydrogen-bond donors (Lipinski definition) is 1. The van der Waals surface area contributed by atoms with E-state index in [1.54, 1.807) is 6.92 Å². The summed E-state index contributed by atoms with van der Waals surface area (Å²) in [5.41, 5.74) is 0.0207. The van der Waals surface area contributed by atoms with Crippen molar-refractivity contribution in [2.75, 3.05) is 6.61 Å². The lowest BCUT2D eigenvalue weighted by atomic mass is 10.4. The number of pyridine rings is 1. The molecule has 14 heavy (non-hydrogen) atoms. The summed E-state index contributed by atoms with van der Waals surface area (Å²) < 4.78 is 16.1. The molecule has 0 saturated carbocycles. The molecule has 6 heteroatoms. The molecule has 0 aliphatic rings. The molecule has 0 fully saturated rings. The number of carbonyl (C=O) groups is 1. The number of aromatic nitrogens is 1. The zero-order chi connectivity index (χ0) is 10.6. The van der Waals surface area contributed by atoms with Gasteiger partial charge in [0.05, 0.1) is 0 Å². The van der Waals surface area contributed by atoms with Crippen LogP contribution in [0.5, 0.6) is 0 Å². The summed E-state index contributed by atoms with van der Waals surface area (Å²) in [4.78, 5) is 14.2. The Morgan fingerprint density at radius 1 is 1.64 bits per heavy atom. The van der Waals surface area contributed by atoms with Crippen molar-refractivity contribution in [1.29, 1.82) is 0 Å². The van der Waals surface area contributed by atoms with Crippen molar-refractivity contribution in [3.05, 3.63) is 23.9 Å². The SMILES string of the molecule is CCO[P+](=O)c1cccc(C(=O)O)n1. The maximum atomic E-state index is 11.3. The second kappa shape index (κ2) is 4.79. The minimum absolute atomic E-state index is 0.134. The normalized spacial score (nSPS) is 11.1. The van der Waals surface area contributed by atoms with Gasteiger partial charge in [0.2, 0.25) is 0 Å². The van der Waals surface area contributed by atoms with Crippen LogP contribution in [0.2, 0.25) is 0 Å². The van der Waals surface area contributed by atoms with Gasteiger partial charge in [-0.05, 0) is 17.6 Å². The average Bonchev–Trinajstić information content (AvgIpc) is 2.18. The minimum Gasteiger partial charge on any atom is -0.477 e. The lowest BCUT2D eigenvalue weighted by molar-refractivity contribution is 0.0691. The van der Waals surface area contributed by atoms with Crippen LogP contribution >= 0.6 is 8.03 Å². The summed E-state index contributed by atoms with van der Waals surface area (Å²) in [6.07, 6.45) is 0. The minimum atomic E-state index is -2.04. The quantitative estimate of drug-likeness (QED) is 0.761. The number of hydrogen-bond acceptors (Lipinski definition) is 4. The highest BCUT2D eigenvalue weighted by molar-refractivity contribution is 7.48. The standard InChI is InChI=1S/C8H8NO4P/c1-2-13-14(12)7-5-3-4-6(9-7)8(10)11/h3-5H,2H2,1H3/p+1. The van der Waals surface area contributed by atoms with Crippen LogP contribution in [0.25, 0.3) is 0 Å². The summed E-state index contributed by atoms with van der Waals surface area (Å²) in [5, 5.41) is 8.62. The van der Waals surface area contributed by atoms with Crippen molar-refractivity contribution >= 4 is 19.4 Å². The number of aromatic carboxylic acids is 1. The van der Waals surface area contributed by atoms with Gasteiger partial charge in [0, 0.05) is 6.07 Å². The molecule has 5 nitrogen and oxygen atoms in total. The fourth-order valence-electron chi connectivity index (χ4n) is 0.827. The molecule has 1 unspecified atom stereocenters. The number of nitrogens with zero attached hydrogens (tertiary/aromatic N) is 1. The first-order chi connectivity index (χ1) is 6.65.